The standard InChI is InChI=1S/C22H26N4OS/c1-15(2)18-6-5-7-19(12-18)26(4)14-20-24-25-22(28-20)21(27)23-13-17-10-8-16(3)9-11-17/h5-12,15H,13-14H2,1-4H3,(H,23,27). The van der Waals surface area contributed by atoms with E-state index in [0.29, 0.717) is 24.0 Å². The molecule has 0 radical (unpaired) electrons. The number of nitrogens with zero attached hydrogens (tertiary/aromatic N) is 3. The third-order valence-corrected chi connectivity index (χ3v) is 5.49. The third kappa shape index (κ3) is 5.16. The molecular weight excluding hydrogens is 368 g/mol. The van der Waals surface area contributed by atoms with Gasteiger partial charge >= 0.3 is 0 Å². The van der Waals surface area contributed by atoms with E-state index in [1.165, 1.54) is 22.5 Å². The van der Waals surface area contributed by atoms with Crippen LogP contribution in [0.25, 0.3) is 0 Å². The minimum absolute atomic E-state index is 0.186. The fourth-order valence-corrected chi connectivity index (χ4v) is 3.60. The zero-order valence-electron chi connectivity index (χ0n) is 16.8. The number of rotatable bonds is 7. The van der Waals surface area contributed by atoms with Crippen molar-refractivity contribution in [2.24, 2.45) is 0 Å². The van der Waals surface area contributed by atoms with E-state index >= 15 is 0 Å². The van der Waals surface area contributed by atoms with Crippen molar-refractivity contribution >= 4 is 22.9 Å². The van der Waals surface area contributed by atoms with Gasteiger partial charge in [0.1, 0.15) is 5.01 Å². The Bertz CT molecular complexity index is 934. The van der Waals surface area contributed by atoms with Gasteiger partial charge in [0, 0.05) is 19.3 Å². The number of benzene rings is 2. The van der Waals surface area contributed by atoms with Crippen molar-refractivity contribution in [3.8, 4) is 0 Å². The van der Waals surface area contributed by atoms with Gasteiger partial charge in [0.2, 0.25) is 5.01 Å². The Balaban J connectivity index is 1.59. The molecule has 146 valence electrons. The number of carbonyl (C=O) groups excluding carboxylic acids is 1. The number of hydrogen-bond acceptors (Lipinski definition) is 5. The molecule has 5 nitrogen and oxygen atoms in total. The van der Waals surface area contributed by atoms with Gasteiger partial charge in [0.05, 0.1) is 6.54 Å². The Morgan fingerprint density at radius 3 is 2.61 bits per heavy atom. The lowest BCUT2D eigenvalue weighted by molar-refractivity contribution is 0.0950. The third-order valence-electron chi connectivity index (χ3n) is 4.58. The lowest BCUT2D eigenvalue weighted by Gasteiger charge is -2.19. The molecule has 0 atom stereocenters. The number of aromatic nitrogens is 2. The van der Waals surface area contributed by atoms with E-state index in [1.807, 2.05) is 38.2 Å². The predicted octanol–water partition coefficient (Wildman–Crippen LogP) is 4.54. The minimum atomic E-state index is -0.186. The molecule has 0 aliphatic rings. The quantitative estimate of drug-likeness (QED) is 0.639. The molecule has 0 unspecified atom stereocenters. The average molecular weight is 395 g/mol. The number of carbonyl (C=O) groups is 1. The number of anilines is 1. The summed E-state index contributed by atoms with van der Waals surface area (Å²) < 4.78 is 0. The molecule has 1 aromatic heterocycles. The Kier molecular flexibility index (Phi) is 6.41. The summed E-state index contributed by atoms with van der Waals surface area (Å²) in [6.07, 6.45) is 0. The topological polar surface area (TPSA) is 58.1 Å². The maximum atomic E-state index is 12.4. The van der Waals surface area contributed by atoms with Gasteiger partial charge in [-0.05, 0) is 36.1 Å². The van der Waals surface area contributed by atoms with Crippen molar-refractivity contribution in [2.45, 2.75) is 39.8 Å². The Hall–Kier alpha value is -2.73. The first-order valence-corrected chi connectivity index (χ1v) is 10.2. The van der Waals surface area contributed by atoms with E-state index in [-0.39, 0.29) is 5.91 Å². The van der Waals surface area contributed by atoms with Crippen molar-refractivity contribution in [1.82, 2.24) is 15.5 Å². The van der Waals surface area contributed by atoms with Crippen LogP contribution in [0, 0.1) is 6.92 Å². The Labute approximate surface area is 170 Å². The molecule has 0 fully saturated rings. The van der Waals surface area contributed by atoms with Crippen LogP contribution in [-0.2, 0) is 13.1 Å². The summed E-state index contributed by atoms with van der Waals surface area (Å²) in [5.41, 5.74) is 4.70. The van der Waals surface area contributed by atoms with Crippen LogP contribution in [0.3, 0.4) is 0 Å². The highest BCUT2D eigenvalue weighted by Gasteiger charge is 2.14. The van der Waals surface area contributed by atoms with Crippen LogP contribution in [0.2, 0.25) is 0 Å². The maximum Gasteiger partial charge on any atom is 0.282 e. The van der Waals surface area contributed by atoms with E-state index in [0.717, 1.165) is 16.3 Å². The molecule has 0 aliphatic heterocycles. The van der Waals surface area contributed by atoms with Gasteiger partial charge in [-0.15, -0.1) is 10.2 Å². The molecule has 6 heteroatoms. The van der Waals surface area contributed by atoms with Gasteiger partial charge in [0.15, 0.2) is 0 Å². The lowest BCUT2D eigenvalue weighted by atomic mass is 10.0. The predicted molar refractivity (Wildman–Crippen MR) is 115 cm³/mol. The van der Waals surface area contributed by atoms with Crippen LogP contribution >= 0.6 is 11.3 Å². The van der Waals surface area contributed by atoms with E-state index in [4.69, 9.17) is 0 Å². The Morgan fingerprint density at radius 2 is 1.89 bits per heavy atom. The first-order valence-electron chi connectivity index (χ1n) is 9.39. The second-order valence-corrected chi connectivity index (χ2v) is 8.34. The van der Waals surface area contributed by atoms with Gasteiger partial charge in [0.25, 0.3) is 5.91 Å². The molecular formula is C22H26N4OS. The fraction of sp³-hybridized carbons (Fsp3) is 0.318. The highest BCUT2D eigenvalue weighted by atomic mass is 32.1. The summed E-state index contributed by atoms with van der Waals surface area (Å²) in [5.74, 6) is 0.299. The normalized spacial score (nSPS) is 10.9. The van der Waals surface area contributed by atoms with Crippen LogP contribution in [0.15, 0.2) is 48.5 Å². The monoisotopic (exact) mass is 394 g/mol. The second kappa shape index (κ2) is 8.97. The molecule has 28 heavy (non-hydrogen) atoms. The molecule has 2 aromatic carbocycles. The largest absolute Gasteiger partial charge is 0.368 e. The molecule has 0 spiro atoms. The SMILES string of the molecule is Cc1ccc(CNC(=O)c2nnc(CN(C)c3cccc(C(C)C)c3)s2)cc1. The molecule has 3 aromatic rings. The fourth-order valence-electron chi connectivity index (χ4n) is 2.79. The molecule has 1 heterocycles. The molecule has 3 rings (SSSR count). The summed E-state index contributed by atoms with van der Waals surface area (Å²) in [6, 6.07) is 16.6. The van der Waals surface area contributed by atoms with Crippen LogP contribution in [-0.4, -0.2) is 23.2 Å². The van der Waals surface area contributed by atoms with Gasteiger partial charge < -0.3 is 10.2 Å². The highest BCUT2D eigenvalue weighted by molar-refractivity contribution is 7.13. The van der Waals surface area contributed by atoms with Crippen molar-refractivity contribution in [3.63, 3.8) is 0 Å². The van der Waals surface area contributed by atoms with Crippen molar-refractivity contribution in [2.75, 3.05) is 11.9 Å². The van der Waals surface area contributed by atoms with Crippen LogP contribution in [0.5, 0.6) is 0 Å². The summed E-state index contributed by atoms with van der Waals surface area (Å²) in [6.45, 7) is 7.51. The summed E-state index contributed by atoms with van der Waals surface area (Å²) in [4.78, 5) is 14.5. The number of aryl methyl sites for hydroxylation is 1. The lowest BCUT2D eigenvalue weighted by Crippen LogP contribution is -2.22. The highest BCUT2D eigenvalue weighted by Crippen LogP contribution is 2.23. The van der Waals surface area contributed by atoms with Gasteiger partial charge in [-0.2, -0.15) is 0 Å². The van der Waals surface area contributed by atoms with Crippen LogP contribution < -0.4 is 10.2 Å². The zero-order chi connectivity index (χ0) is 20.1. The average Bonchev–Trinajstić information content (AvgIpc) is 3.16. The first kappa shape index (κ1) is 20.0. The molecule has 0 bridgehead atoms. The van der Waals surface area contributed by atoms with Crippen LogP contribution in [0.1, 0.15) is 51.3 Å². The van der Waals surface area contributed by atoms with Crippen molar-refractivity contribution < 1.29 is 4.79 Å². The van der Waals surface area contributed by atoms with Crippen molar-refractivity contribution in [3.05, 3.63) is 75.2 Å². The summed E-state index contributed by atoms with van der Waals surface area (Å²) >= 11 is 1.34. The van der Waals surface area contributed by atoms with Gasteiger partial charge in [-0.3, -0.25) is 4.79 Å². The molecule has 1 amide bonds. The van der Waals surface area contributed by atoms with Gasteiger partial charge in [-0.1, -0.05) is 67.1 Å². The first-order chi connectivity index (χ1) is 13.4. The number of nitrogens with one attached hydrogen (secondary N) is 1. The van der Waals surface area contributed by atoms with E-state index in [9.17, 15) is 4.79 Å². The molecule has 1 N–H and O–H groups in total. The van der Waals surface area contributed by atoms with E-state index < -0.39 is 0 Å². The molecule has 0 saturated carbocycles. The summed E-state index contributed by atoms with van der Waals surface area (Å²) in [7, 11) is 2.03. The second-order valence-electron chi connectivity index (χ2n) is 7.27. The zero-order valence-corrected chi connectivity index (χ0v) is 17.6. The van der Waals surface area contributed by atoms with E-state index in [2.05, 4.69) is 58.5 Å². The van der Waals surface area contributed by atoms with Crippen LogP contribution in [0.4, 0.5) is 5.69 Å². The molecule has 0 aliphatic carbocycles. The molecule has 0 saturated heterocycles. The smallest absolute Gasteiger partial charge is 0.282 e. The van der Waals surface area contributed by atoms with E-state index in [1.54, 1.807) is 0 Å². The number of hydrogen-bond donors (Lipinski definition) is 1. The minimum Gasteiger partial charge on any atom is -0.368 e. The Morgan fingerprint density at radius 1 is 1.14 bits per heavy atom. The van der Waals surface area contributed by atoms with Crippen molar-refractivity contribution in [1.29, 1.82) is 0 Å². The maximum absolute atomic E-state index is 12.4. The number of amides is 1. The van der Waals surface area contributed by atoms with Gasteiger partial charge in [-0.25, -0.2) is 0 Å². The summed E-state index contributed by atoms with van der Waals surface area (Å²) in [5, 5.41) is 12.4.